The molecular formula is C23H17N3O7. The van der Waals surface area contributed by atoms with Crippen LogP contribution in [0.3, 0.4) is 0 Å². The first kappa shape index (κ1) is 19.5. The number of ketones is 1. The second-order valence-electron chi connectivity index (χ2n) is 8.64. The number of carbonyl (C=O) groups is 3. The third kappa shape index (κ3) is 2.40. The van der Waals surface area contributed by atoms with Gasteiger partial charge in [0.2, 0.25) is 5.78 Å². The van der Waals surface area contributed by atoms with E-state index in [1.807, 2.05) is 0 Å². The minimum atomic E-state index is -0.599. The van der Waals surface area contributed by atoms with Crippen molar-refractivity contribution >= 4 is 34.3 Å². The molecule has 0 unspecified atom stereocenters. The largest absolute Gasteiger partial charge is 0.465 e. The van der Waals surface area contributed by atoms with Crippen molar-refractivity contribution in [3.63, 3.8) is 0 Å². The maximum absolute atomic E-state index is 13.4. The number of nitro benzene ring substituents is 1. The molecule has 2 fully saturated rings. The Hall–Kier alpha value is -4.21. The number of nitrogens with zero attached hydrogens (tertiary/aromatic N) is 2. The molecule has 1 saturated heterocycles. The number of nitrogens with one attached hydrogen (secondary N) is 1. The van der Waals surface area contributed by atoms with Crippen LogP contribution in [0, 0.1) is 23.0 Å². The normalized spacial score (nSPS) is 22.5. The number of methoxy groups -OCH3 is 1. The molecule has 3 aromatic rings. The molecule has 1 aromatic carbocycles. The third-order valence-electron chi connectivity index (χ3n) is 6.96. The average Bonchev–Trinajstić information content (AvgIpc) is 3.08. The van der Waals surface area contributed by atoms with Crippen LogP contribution in [0.1, 0.15) is 49.1 Å². The summed E-state index contributed by atoms with van der Waals surface area (Å²) in [5.41, 5.74) is 2.07. The topological polar surface area (TPSA) is 136 Å². The van der Waals surface area contributed by atoms with Gasteiger partial charge in [-0.05, 0) is 31.4 Å². The lowest BCUT2D eigenvalue weighted by molar-refractivity contribution is -0.384. The standard InChI is InChI=1S/C23H17N3O7/c1-10-18(22(29)32-2)19-20(24-10)14(27)7-17-23(19)8-12(23)9-25(17)21(28)16-6-11-5-13(26(30)31)3-4-15(11)33-16/h3-7,12,24H,8-9H2,1-2H3/t12-,23+/m1/s1. The Morgan fingerprint density at radius 2 is 2.12 bits per heavy atom. The number of aryl methyl sites for hydroxylation is 1. The summed E-state index contributed by atoms with van der Waals surface area (Å²) in [5.74, 6) is -1.19. The summed E-state index contributed by atoms with van der Waals surface area (Å²) in [5, 5.41) is 11.5. The maximum Gasteiger partial charge on any atom is 0.340 e. The summed E-state index contributed by atoms with van der Waals surface area (Å²) in [4.78, 5) is 53.9. The number of H-pyrrole nitrogens is 1. The van der Waals surface area contributed by atoms with E-state index in [-0.39, 0.29) is 23.1 Å². The van der Waals surface area contributed by atoms with Crippen LogP contribution in [0.15, 0.2) is 40.5 Å². The highest BCUT2D eigenvalue weighted by Gasteiger charge is 2.69. The second-order valence-corrected chi connectivity index (χ2v) is 8.64. The highest BCUT2D eigenvalue weighted by Crippen LogP contribution is 2.67. The predicted molar refractivity (Wildman–Crippen MR) is 113 cm³/mol. The third-order valence-corrected chi connectivity index (χ3v) is 6.96. The Bertz CT molecular complexity index is 1480. The number of aromatic amines is 1. The number of allylic oxidation sites excluding steroid dienone is 2. The minimum absolute atomic E-state index is 0.0273. The average molecular weight is 447 g/mol. The number of furan rings is 1. The van der Waals surface area contributed by atoms with Crippen LogP contribution in [0.25, 0.3) is 11.0 Å². The van der Waals surface area contributed by atoms with Crippen molar-refractivity contribution in [1.82, 2.24) is 9.88 Å². The number of aromatic nitrogens is 1. The Morgan fingerprint density at radius 1 is 1.33 bits per heavy atom. The number of benzene rings is 1. The van der Waals surface area contributed by atoms with Crippen molar-refractivity contribution < 1.29 is 28.5 Å². The number of nitro groups is 1. The van der Waals surface area contributed by atoms with E-state index in [0.717, 1.165) is 6.42 Å². The fourth-order valence-corrected chi connectivity index (χ4v) is 5.45. The number of esters is 1. The monoisotopic (exact) mass is 447 g/mol. The van der Waals surface area contributed by atoms with Crippen molar-refractivity contribution in [1.29, 1.82) is 0 Å². The molecule has 1 saturated carbocycles. The molecule has 166 valence electrons. The van der Waals surface area contributed by atoms with Gasteiger partial charge in [-0.1, -0.05) is 0 Å². The van der Waals surface area contributed by atoms with Gasteiger partial charge in [0.25, 0.3) is 11.6 Å². The molecular weight excluding hydrogens is 430 g/mol. The van der Waals surface area contributed by atoms with Crippen molar-refractivity contribution in [3.05, 3.63) is 74.4 Å². The van der Waals surface area contributed by atoms with E-state index in [1.165, 1.54) is 42.4 Å². The van der Waals surface area contributed by atoms with Gasteiger partial charge in [-0.25, -0.2) is 4.79 Å². The molecule has 1 aliphatic heterocycles. The van der Waals surface area contributed by atoms with E-state index in [9.17, 15) is 24.5 Å². The number of piperidine rings is 1. The molecule has 2 aromatic heterocycles. The zero-order valence-electron chi connectivity index (χ0n) is 17.6. The lowest BCUT2D eigenvalue weighted by atomic mass is 9.82. The molecule has 0 radical (unpaired) electrons. The Kier molecular flexibility index (Phi) is 3.65. The van der Waals surface area contributed by atoms with E-state index in [4.69, 9.17) is 9.15 Å². The molecule has 2 atom stereocenters. The lowest BCUT2D eigenvalue weighted by Crippen LogP contribution is -2.34. The van der Waals surface area contributed by atoms with Gasteiger partial charge in [-0.3, -0.25) is 19.7 Å². The van der Waals surface area contributed by atoms with Crippen LogP contribution >= 0.6 is 0 Å². The molecule has 3 heterocycles. The van der Waals surface area contributed by atoms with E-state index >= 15 is 0 Å². The molecule has 1 amide bonds. The highest BCUT2D eigenvalue weighted by molar-refractivity contribution is 6.11. The van der Waals surface area contributed by atoms with Crippen LogP contribution in [0.5, 0.6) is 0 Å². The molecule has 33 heavy (non-hydrogen) atoms. The van der Waals surface area contributed by atoms with Crippen LogP contribution < -0.4 is 0 Å². The van der Waals surface area contributed by atoms with Crippen LogP contribution in [-0.4, -0.2) is 46.1 Å². The second kappa shape index (κ2) is 6.18. The SMILES string of the molecule is COC(=O)c1c(C)[nH]c2c1[C@@]13C[C@@H]1CN(C(=O)c1cc4cc([N+](=O)[O-])ccc4o1)C3=CC2=O. The van der Waals surface area contributed by atoms with E-state index in [0.29, 0.717) is 45.7 Å². The van der Waals surface area contributed by atoms with E-state index in [2.05, 4.69) is 4.98 Å². The first-order chi connectivity index (χ1) is 15.8. The molecule has 0 bridgehead atoms. The fourth-order valence-electron chi connectivity index (χ4n) is 5.45. The number of hydrogen-bond donors (Lipinski definition) is 1. The summed E-state index contributed by atoms with van der Waals surface area (Å²) in [6.07, 6.45) is 2.17. The minimum Gasteiger partial charge on any atom is -0.465 e. The van der Waals surface area contributed by atoms with Gasteiger partial charge >= 0.3 is 5.97 Å². The summed E-state index contributed by atoms with van der Waals surface area (Å²) in [6, 6.07) is 5.58. The zero-order valence-corrected chi connectivity index (χ0v) is 17.6. The Morgan fingerprint density at radius 3 is 2.85 bits per heavy atom. The zero-order chi connectivity index (χ0) is 23.2. The van der Waals surface area contributed by atoms with Gasteiger partial charge in [0.1, 0.15) is 5.58 Å². The number of ether oxygens (including phenoxy) is 1. The molecule has 10 nitrogen and oxygen atoms in total. The molecule has 1 spiro atoms. The number of non-ortho nitro benzene ring substituents is 1. The van der Waals surface area contributed by atoms with Gasteiger partial charge in [-0.2, -0.15) is 0 Å². The van der Waals surface area contributed by atoms with Gasteiger partial charge in [0.05, 0.1) is 23.3 Å². The smallest absolute Gasteiger partial charge is 0.340 e. The number of hydrogen-bond acceptors (Lipinski definition) is 7. The van der Waals surface area contributed by atoms with Crippen LogP contribution in [0.2, 0.25) is 0 Å². The van der Waals surface area contributed by atoms with Crippen molar-refractivity contribution in [3.8, 4) is 0 Å². The van der Waals surface area contributed by atoms with Gasteiger partial charge in [0.15, 0.2) is 5.76 Å². The summed E-state index contributed by atoms with van der Waals surface area (Å²) >= 11 is 0. The van der Waals surface area contributed by atoms with Gasteiger partial charge in [-0.15, -0.1) is 0 Å². The van der Waals surface area contributed by atoms with Crippen molar-refractivity contribution in [2.75, 3.05) is 13.7 Å². The Labute approximate surface area is 185 Å². The fraction of sp³-hybridized carbons (Fsp3) is 0.261. The summed E-state index contributed by atoms with van der Waals surface area (Å²) in [6.45, 7) is 2.09. The van der Waals surface area contributed by atoms with Crippen molar-refractivity contribution in [2.45, 2.75) is 18.8 Å². The number of carbonyl (C=O) groups excluding carboxylic acids is 3. The first-order valence-corrected chi connectivity index (χ1v) is 10.3. The van der Waals surface area contributed by atoms with Gasteiger partial charge in [0, 0.05) is 52.5 Å². The molecule has 1 N–H and O–H groups in total. The highest BCUT2D eigenvalue weighted by atomic mass is 16.6. The molecule has 6 rings (SSSR count). The quantitative estimate of drug-likeness (QED) is 0.370. The summed E-state index contributed by atoms with van der Waals surface area (Å²) < 4.78 is 10.6. The van der Waals surface area contributed by atoms with Gasteiger partial charge < -0.3 is 19.0 Å². The van der Waals surface area contributed by atoms with Crippen molar-refractivity contribution in [2.24, 2.45) is 5.92 Å². The number of rotatable bonds is 3. The molecule has 2 aliphatic carbocycles. The number of likely N-dealkylation sites (tertiary alicyclic amines) is 1. The maximum atomic E-state index is 13.4. The van der Waals surface area contributed by atoms with Crippen LogP contribution in [0.4, 0.5) is 5.69 Å². The Balaban J connectivity index is 1.42. The lowest BCUT2D eigenvalue weighted by Gasteiger charge is -2.27. The first-order valence-electron chi connectivity index (χ1n) is 10.3. The molecule has 3 aliphatic rings. The predicted octanol–water partition coefficient (Wildman–Crippen LogP) is 3.26. The van der Waals surface area contributed by atoms with Crippen LogP contribution in [-0.2, 0) is 10.2 Å². The van der Waals surface area contributed by atoms with E-state index in [1.54, 1.807) is 6.92 Å². The summed E-state index contributed by atoms with van der Waals surface area (Å²) in [7, 11) is 1.29. The van der Waals surface area contributed by atoms with E-state index < -0.39 is 22.2 Å². The molecule has 10 heteroatoms. The number of fused-ring (bicyclic) bond motifs is 2. The number of amides is 1.